The van der Waals surface area contributed by atoms with E-state index in [9.17, 15) is 23.2 Å². The first-order valence-corrected chi connectivity index (χ1v) is 9.80. The van der Waals surface area contributed by atoms with Gasteiger partial charge in [0.1, 0.15) is 17.1 Å². The van der Waals surface area contributed by atoms with Crippen molar-refractivity contribution in [3.63, 3.8) is 0 Å². The van der Waals surface area contributed by atoms with Crippen molar-refractivity contribution in [2.75, 3.05) is 5.32 Å². The summed E-state index contributed by atoms with van der Waals surface area (Å²) in [6.45, 7) is 0. The zero-order valence-corrected chi connectivity index (χ0v) is 17.3. The number of nitriles is 1. The largest absolute Gasteiger partial charge is 0.434 e. The number of fused-ring (bicyclic) bond motifs is 1. The maximum absolute atomic E-state index is 14.1. The molecule has 11 nitrogen and oxygen atoms in total. The van der Waals surface area contributed by atoms with Crippen molar-refractivity contribution >= 4 is 22.6 Å². The number of carbonyl (C=O) groups is 1. The number of para-hydroxylation sites is 1. The van der Waals surface area contributed by atoms with Gasteiger partial charge in [-0.05, 0) is 18.2 Å². The number of hydrogen-bond acceptors (Lipinski definition) is 8. The van der Waals surface area contributed by atoms with Crippen LogP contribution < -0.4 is 5.32 Å². The Balaban J connectivity index is 1.54. The zero-order chi connectivity index (χ0) is 24.6. The standard InChI is InChI=1S/C21H11F3N10O/c22-21(23,24)18-14(11-31-33(18)16-3-1-2-15-17(16)27-5-4-26-15)20(35)32-13-8-12(9-25)19(28-10-13)34-29-6-7-30-34/h1-8,10-11H,(H,32,35). The van der Waals surface area contributed by atoms with Crippen LogP contribution in [-0.2, 0) is 6.18 Å². The Morgan fingerprint density at radius 2 is 1.77 bits per heavy atom. The minimum Gasteiger partial charge on any atom is -0.320 e. The molecule has 0 fully saturated rings. The van der Waals surface area contributed by atoms with Crippen molar-refractivity contribution in [3.8, 4) is 17.6 Å². The first-order valence-electron chi connectivity index (χ1n) is 9.80. The molecule has 35 heavy (non-hydrogen) atoms. The summed E-state index contributed by atoms with van der Waals surface area (Å²) in [5, 5.41) is 23.3. The molecule has 0 radical (unpaired) electrons. The lowest BCUT2D eigenvalue weighted by Gasteiger charge is -2.14. The van der Waals surface area contributed by atoms with Crippen LogP contribution in [0.25, 0.3) is 22.5 Å². The van der Waals surface area contributed by atoms with Crippen molar-refractivity contribution in [3.05, 3.63) is 78.3 Å². The number of amides is 1. The number of aromatic nitrogens is 8. The molecule has 1 N–H and O–H groups in total. The first-order chi connectivity index (χ1) is 16.9. The second-order valence-electron chi connectivity index (χ2n) is 7.00. The molecule has 4 heterocycles. The molecule has 5 aromatic rings. The van der Waals surface area contributed by atoms with E-state index >= 15 is 0 Å². The molecular formula is C21H11F3N10O. The lowest BCUT2D eigenvalue weighted by molar-refractivity contribution is -0.143. The third kappa shape index (κ3) is 3.91. The number of nitrogens with zero attached hydrogens (tertiary/aromatic N) is 9. The number of halogens is 3. The van der Waals surface area contributed by atoms with Gasteiger partial charge in [-0.3, -0.25) is 14.8 Å². The Bertz CT molecular complexity index is 1600. The fourth-order valence-corrected chi connectivity index (χ4v) is 3.41. The summed E-state index contributed by atoms with van der Waals surface area (Å²) in [6.07, 6.45) is 2.59. The smallest absolute Gasteiger partial charge is 0.320 e. The lowest BCUT2D eigenvalue weighted by Crippen LogP contribution is -2.21. The van der Waals surface area contributed by atoms with E-state index in [2.05, 4.69) is 35.6 Å². The zero-order valence-electron chi connectivity index (χ0n) is 17.3. The van der Waals surface area contributed by atoms with E-state index in [1.807, 2.05) is 6.07 Å². The summed E-state index contributed by atoms with van der Waals surface area (Å²) in [4.78, 5) is 26.2. The molecule has 1 amide bonds. The van der Waals surface area contributed by atoms with Crippen molar-refractivity contribution < 1.29 is 18.0 Å². The first kappa shape index (κ1) is 21.6. The predicted octanol–water partition coefficient (Wildman–Crippen LogP) is 2.93. The van der Waals surface area contributed by atoms with Crippen LogP contribution >= 0.6 is 0 Å². The van der Waals surface area contributed by atoms with Crippen molar-refractivity contribution in [2.45, 2.75) is 6.18 Å². The lowest BCUT2D eigenvalue weighted by atomic mass is 10.2. The van der Waals surface area contributed by atoms with Crippen LogP contribution in [0.4, 0.5) is 18.9 Å². The van der Waals surface area contributed by atoms with Gasteiger partial charge in [-0.25, -0.2) is 9.67 Å². The number of rotatable bonds is 4. The van der Waals surface area contributed by atoms with E-state index in [1.54, 1.807) is 6.07 Å². The van der Waals surface area contributed by atoms with Gasteiger partial charge in [-0.2, -0.15) is 33.7 Å². The minimum absolute atomic E-state index is 0.0000646. The van der Waals surface area contributed by atoms with Gasteiger partial charge in [-0.1, -0.05) is 6.07 Å². The minimum atomic E-state index is -4.93. The average Bonchev–Trinajstić information content (AvgIpc) is 3.54. The molecule has 0 saturated heterocycles. The predicted molar refractivity (Wildman–Crippen MR) is 113 cm³/mol. The van der Waals surface area contributed by atoms with Crippen molar-refractivity contribution in [2.24, 2.45) is 0 Å². The van der Waals surface area contributed by atoms with E-state index < -0.39 is 23.3 Å². The third-order valence-electron chi connectivity index (χ3n) is 4.84. The number of alkyl halides is 3. The number of pyridine rings is 1. The molecule has 0 aliphatic heterocycles. The summed E-state index contributed by atoms with van der Waals surface area (Å²) in [6, 6.07) is 7.65. The van der Waals surface area contributed by atoms with Gasteiger partial charge < -0.3 is 5.32 Å². The molecule has 0 aliphatic carbocycles. The number of hydrogen-bond donors (Lipinski definition) is 1. The van der Waals surface area contributed by atoms with E-state index in [0.29, 0.717) is 10.2 Å². The molecule has 0 atom stereocenters. The topological polar surface area (TPSA) is 140 Å². The second kappa shape index (κ2) is 8.30. The summed E-state index contributed by atoms with van der Waals surface area (Å²) in [7, 11) is 0. The van der Waals surface area contributed by atoms with Gasteiger partial charge in [0.2, 0.25) is 0 Å². The molecular weight excluding hydrogens is 465 g/mol. The number of nitrogens with one attached hydrogen (secondary N) is 1. The Morgan fingerprint density at radius 1 is 1.00 bits per heavy atom. The monoisotopic (exact) mass is 476 g/mol. The molecule has 0 unspecified atom stereocenters. The molecule has 0 bridgehead atoms. The van der Waals surface area contributed by atoms with Gasteiger partial charge in [0.05, 0.1) is 47.2 Å². The van der Waals surface area contributed by atoms with E-state index in [1.165, 1.54) is 49.2 Å². The highest BCUT2D eigenvalue weighted by Gasteiger charge is 2.41. The molecule has 0 aliphatic rings. The van der Waals surface area contributed by atoms with Crippen LogP contribution in [0.2, 0.25) is 0 Å². The number of benzene rings is 1. The Labute approximate surface area is 193 Å². The molecule has 172 valence electrons. The fraction of sp³-hybridized carbons (Fsp3) is 0.0476. The van der Waals surface area contributed by atoms with E-state index in [4.69, 9.17) is 0 Å². The van der Waals surface area contributed by atoms with Gasteiger partial charge in [0, 0.05) is 12.4 Å². The van der Waals surface area contributed by atoms with Crippen LogP contribution in [0.5, 0.6) is 0 Å². The highest BCUT2D eigenvalue weighted by molar-refractivity contribution is 6.05. The Morgan fingerprint density at radius 3 is 2.51 bits per heavy atom. The third-order valence-corrected chi connectivity index (χ3v) is 4.84. The van der Waals surface area contributed by atoms with Gasteiger partial charge in [-0.15, -0.1) is 4.80 Å². The summed E-state index contributed by atoms with van der Waals surface area (Å²) >= 11 is 0. The van der Waals surface area contributed by atoms with Crippen LogP contribution in [0.1, 0.15) is 21.6 Å². The van der Waals surface area contributed by atoms with Gasteiger partial charge in [0.25, 0.3) is 5.91 Å². The number of anilines is 1. The molecule has 5 rings (SSSR count). The van der Waals surface area contributed by atoms with Crippen molar-refractivity contribution in [1.82, 2.24) is 39.7 Å². The average molecular weight is 476 g/mol. The molecule has 0 saturated carbocycles. The van der Waals surface area contributed by atoms with E-state index in [-0.39, 0.29) is 28.3 Å². The van der Waals surface area contributed by atoms with E-state index in [0.717, 1.165) is 11.0 Å². The fourth-order valence-electron chi connectivity index (χ4n) is 3.41. The summed E-state index contributed by atoms with van der Waals surface area (Å²) in [5.74, 6) is -0.998. The maximum atomic E-state index is 14.1. The highest BCUT2D eigenvalue weighted by Crippen LogP contribution is 2.35. The SMILES string of the molecule is N#Cc1cc(NC(=O)c2cnn(-c3cccc4nccnc34)c2C(F)(F)F)cnc1-n1nccn1. The molecule has 4 aromatic heterocycles. The normalized spacial score (nSPS) is 11.4. The van der Waals surface area contributed by atoms with Crippen LogP contribution in [0, 0.1) is 11.3 Å². The van der Waals surface area contributed by atoms with Crippen LogP contribution in [0.3, 0.4) is 0 Å². The molecule has 14 heteroatoms. The van der Waals surface area contributed by atoms with Crippen LogP contribution in [-0.4, -0.2) is 45.6 Å². The van der Waals surface area contributed by atoms with Gasteiger partial charge >= 0.3 is 6.18 Å². The summed E-state index contributed by atoms with van der Waals surface area (Å²) < 4.78 is 42.9. The van der Waals surface area contributed by atoms with Crippen molar-refractivity contribution in [1.29, 1.82) is 5.26 Å². The highest BCUT2D eigenvalue weighted by atomic mass is 19.4. The Kier molecular flexibility index (Phi) is 5.13. The molecule has 0 spiro atoms. The van der Waals surface area contributed by atoms with Gasteiger partial charge in [0.15, 0.2) is 11.5 Å². The summed E-state index contributed by atoms with van der Waals surface area (Å²) in [5.41, 5.74) is -1.47. The maximum Gasteiger partial charge on any atom is 0.434 e. The quantitative estimate of drug-likeness (QED) is 0.418. The second-order valence-corrected chi connectivity index (χ2v) is 7.00. The molecule has 1 aromatic carbocycles. The Hall–Kier alpha value is -5.19. The number of carbonyl (C=O) groups excluding carboxylic acids is 1. The van der Waals surface area contributed by atoms with Crippen LogP contribution in [0.15, 0.2) is 61.4 Å².